The molecule has 1 N–H and O–H groups in total. The molecule has 0 amide bonds. The molecule has 0 aromatic rings. The summed E-state index contributed by atoms with van der Waals surface area (Å²) in [4.78, 5) is 0. The summed E-state index contributed by atoms with van der Waals surface area (Å²) in [6.45, 7) is 2.17. The van der Waals surface area contributed by atoms with Crippen LogP contribution in [0.25, 0.3) is 0 Å². The van der Waals surface area contributed by atoms with Crippen LogP contribution in [0.3, 0.4) is 0 Å². The highest BCUT2D eigenvalue weighted by Crippen LogP contribution is 1.96. The van der Waals surface area contributed by atoms with Gasteiger partial charge in [-0.2, -0.15) is 11.8 Å². The van der Waals surface area contributed by atoms with Gasteiger partial charge in [0.1, 0.15) is 9.84 Å². The number of nitrogens with one attached hydrogen (secondary N) is 1. The zero-order chi connectivity index (χ0) is 10.9. The zero-order valence-corrected chi connectivity index (χ0v) is 10.4. The van der Waals surface area contributed by atoms with Crippen molar-refractivity contribution in [3.63, 3.8) is 0 Å². The van der Waals surface area contributed by atoms with Crippen LogP contribution in [0, 0.1) is 0 Å². The van der Waals surface area contributed by atoms with Crippen molar-refractivity contribution in [3.8, 4) is 0 Å². The molecule has 0 fully saturated rings. The number of sulfone groups is 1. The van der Waals surface area contributed by atoms with E-state index in [1.54, 1.807) is 18.9 Å². The Morgan fingerprint density at radius 1 is 1.29 bits per heavy atom. The molecular weight excluding hydrogens is 222 g/mol. The van der Waals surface area contributed by atoms with Crippen molar-refractivity contribution < 1.29 is 13.2 Å². The molecule has 0 heterocycles. The molecule has 0 bridgehead atoms. The fourth-order valence-electron chi connectivity index (χ4n) is 0.771. The second-order valence-corrected chi connectivity index (χ2v) is 6.47. The number of ether oxygens (including phenoxy) is 1. The minimum atomic E-state index is -2.81. The molecule has 0 aromatic carbocycles. The van der Waals surface area contributed by atoms with Gasteiger partial charge in [-0.05, 0) is 0 Å². The Morgan fingerprint density at radius 3 is 2.57 bits per heavy atom. The lowest BCUT2D eigenvalue weighted by molar-refractivity contribution is 0.218. The summed E-state index contributed by atoms with van der Waals surface area (Å²) in [6, 6.07) is 0. The molecule has 0 unspecified atom stereocenters. The van der Waals surface area contributed by atoms with Crippen LogP contribution in [0.15, 0.2) is 0 Å². The van der Waals surface area contributed by atoms with E-state index in [0.29, 0.717) is 6.54 Å². The molecule has 0 aromatic heterocycles. The van der Waals surface area contributed by atoms with Crippen LogP contribution >= 0.6 is 11.8 Å². The summed E-state index contributed by atoms with van der Waals surface area (Å²) >= 11 is 1.80. The van der Waals surface area contributed by atoms with Crippen molar-refractivity contribution in [2.75, 3.05) is 50.3 Å². The van der Waals surface area contributed by atoms with Crippen LogP contribution in [0.5, 0.6) is 0 Å². The summed E-state index contributed by atoms with van der Waals surface area (Å²) in [5, 5.41) is 3.08. The first-order valence-electron chi connectivity index (χ1n) is 4.51. The first kappa shape index (κ1) is 14.2. The highest BCUT2D eigenvalue weighted by molar-refractivity contribution is 7.99. The summed E-state index contributed by atoms with van der Waals surface area (Å²) < 4.78 is 26.4. The summed E-state index contributed by atoms with van der Waals surface area (Å²) in [5.41, 5.74) is 0. The van der Waals surface area contributed by atoms with Gasteiger partial charge >= 0.3 is 0 Å². The maximum absolute atomic E-state index is 10.7. The largest absolute Gasteiger partial charge is 0.384 e. The number of methoxy groups -OCH3 is 1. The van der Waals surface area contributed by atoms with Gasteiger partial charge in [0.15, 0.2) is 0 Å². The van der Waals surface area contributed by atoms with Gasteiger partial charge in [0.2, 0.25) is 0 Å². The Labute approximate surface area is 90.7 Å². The highest BCUT2D eigenvalue weighted by Gasteiger charge is 1.99. The van der Waals surface area contributed by atoms with Crippen molar-refractivity contribution in [2.45, 2.75) is 0 Å². The second kappa shape index (κ2) is 8.52. The maximum atomic E-state index is 10.7. The standard InChI is InChI=1S/C8H19NO3S2/c1-12-5-7-13-6-3-9-4-8-14(2,10)11/h9H,3-8H2,1-2H3. The van der Waals surface area contributed by atoms with Crippen molar-refractivity contribution in [1.82, 2.24) is 5.32 Å². The highest BCUT2D eigenvalue weighted by atomic mass is 32.2. The van der Waals surface area contributed by atoms with Crippen LogP contribution in [0.1, 0.15) is 0 Å². The fourth-order valence-corrected chi connectivity index (χ4v) is 2.06. The Balaban J connectivity index is 3.07. The molecule has 0 aliphatic carbocycles. The number of rotatable bonds is 9. The van der Waals surface area contributed by atoms with E-state index in [1.807, 2.05) is 0 Å². The van der Waals surface area contributed by atoms with Gasteiger partial charge < -0.3 is 10.1 Å². The van der Waals surface area contributed by atoms with Crippen molar-refractivity contribution in [3.05, 3.63) is 0 Å². The average molecular weight is 241 g/mol. The minimum absolute atomic E-state index is 0.218. The van der Waals surface area contributed by atoms with E-state index in [0.717, 1.165) is 24.7 Å². The van der Waals surface area contributed by atoms with Crippen LogP contribution in [0.4, 0.5) is 0 Å². The number of hydrogen-bond acceptors (Lipinski definition) is 5. The molecule has 0 atom stereocenters. The second-order valence-electron chi connectivity index (χ2n) is 2.99. The topological polar surface area (TPSA) is 55.4 Å². The quantitative estimate of drug-likeness (QED) is 0.576. The Bertz CT molecular complexity index is 217. The molecule has 4 nitrogen and oxygen atoms in total. The van der Waals surface area contributed by atoms with Crippen molar-refractivity contribution >= 4 is 21.6 Å². The summed E-state index contributed by atoms with van der Waals surface area (Å²) in [6.07, 6.45) is 1.25. The Morgan fingerprint density at radius 2 is 2.00 bits per heavy atom. The molecule has 0 spiro atoms. The fraction of sp³-hybridized carbons (Fsp3) is 1.00. The first-order valence-corrected chi connectivity index (χ1v) is 7.73. The first-order chi connectivity index (χ1) is 6.56. The van der Waals surface area contributed by atoms with E-state index in [-0.39, 0.29) is 5.75 Å². The molecule has 0 aliphatic rings. The van der Waals surface area contributed by atoms with E-state index in [9.17, 15) is 8.42 Å². The van der Waals surface area contributed by atoms with Crippen LogP contribution in [-0.2, 0) is 14.6 Å². The molecule has 86 valence electrons. The minimum Gasteiger partial charge on any atom is -0.384 e. The van der Waals surface area contributed by atoms with Crippen LogP contribution in [-0.4, -0.2) is 58.7 Å². The summed E-state index contributed by atoms with van der Waals surface area (Å²) in [5.74, 6) is 2.20. The zero-order valence-electron chi connectivity index (χ0n) is 8.78. The van der Waals surface area contributed by atoms with Crippen LogP contribution < -0.4 is 5.32 Å². The molecule has 0 saturated heterocycles. The molecule has 0 rings (SSSR count). The molecular formula is C8H19NO3S2. The van der Waals surface area contributed by atoms with E-state index in [2.05, 4.69) is 5.32 Å². The third-order valence-corrected chi connectivity index (χ3v) is 3.40. The molecule has 0 aliphatic heterocycles. The van der Waals surface area contributed by atoms with Crippen molar-refractivity contribution in [1.29, 1.82) is 0 Å². The monoisotopic (exact) mass is 241 g/mol. The molecule has 6 heteroatoms. The van der Waals surface area contributed by atoms with E-state index >= 15 is 0 Å². The van der Waals surface area contributed by atoms with Gasteiger partial charge in [-0.3, -0.25) is 0 Å². The third kappa shape index (κ3) is 12.2. The molecule has 0 saturated carbocycles. The van der Waals surface area contributed by atoms with E-state index in [4.69, 9.17) is 4.74 Å². The number of hydrogen-bond donors (Lipinski definition) is 1. The lowest BCUT2D eigenvalue weighted by Gasteiger charge is -2.03. The summed E-state index contributed by atoms with van der Waals surface area (Å²) in [7, 11) is -1.13. The smallest absolute Gasteiger partial charge is 0.148 e. The molecule has 14 heavy (non-hydrogen) atoms. The third-order valence-electron chi connectivity index (χ3n) is 1.50. The van der Waals surface area contributed by atoms with Gasteiger partial charge in [-0.25, -0.2) is 8.42 Å². The lowest BCUT2D eigenvalue weighted by Crippen LogP contribution is -2.24. The predicted molar refractivity (Wildman–Crippen MR) is 61.8 cm³/mol. The van der Waals surface area contributed by atoms with Gasteiger partial charge in [0.25, 0.3) is 0 Å². The van der Waals surface area contributed by atoms with Crippen LogP contribution in [0.2, 0.25) is 0 Å². The number of thioether (sulfide) groups is 1. The maximum Gasteiger partial charge on any atom is 0.148 e. The van der Waals surface area contributed by atoms with Gasteiger partial charge in [0, 0.05) is 38.0 Å². The van der Waals surface area contributed by atoms with Gasteiger partial charge in [-0.1, -0.05) is 0 Å². The molecule has 0 radical (unpaired) electrons. The van der Waals surface area contributed by atoms with Gasteiger partial charge in [-0.15, -0.1) is 0 Å². The predicted octanol–water partition coefficient (Wildman–Crippen LogP) is 0.000200. The SMILES string of the molecule is COCCSCCNCCS(C)(=O)=O. The van der Waals surface area contributed by atoms with Crippen molar-refractivity contribution in [2.24, 2.45) is 0 Å². The normalized spacial score (nSPS) is 11.9. The lowest BCUT2D eigenvalue weighted by atomic mass is 10.7. The van der Waals surface area contributed by atoms with E-state index < -0.39 is 9.84 Å². The Hall–Kier alpha value is 0.220. The van der Waals surface area contributed by atoms with Gasteiger partial charge in [0.05, 0.1) is 12.4 Å². The van der Waals surface area contributed by atoms with E-state index in [1.165, 1.54) is 6.26 Å². The Kier molecular flexibility index (Phi) is 8.66. The average Bonchev–Trinajstić information content (AvgIpc) is 2.08.